The topological polar surface area (TPSA) is 51.4 Å². The predicted octanol–water partition coefficient (Wildman–Crippen LogP) is 3.54. The summed E-state index contributed by atoms with van der Waals surface area (Å²) in [6.07, 6.45) is 0. The number of carbonyl (C=O) groups excluding carboxylic acids is 1. The Morgan fingerprint density at radius 1 is 1.16 bits per heavy atom. The quantitative estimate of drug-likeness (QED) is 0.756. The molecule has 1 aromatic carbocycles. The summed E-state index contributed by atoms with van der Waals surface area (Å²) >= 11 is 1.61. The molecule has 25 heavy (non-hydrogen) atoms. The lowest BCUT2D eigenvalue weighted by Crippen LogP contribution is -2.44. The highest BCUT2D eigenvalue weighted by Crippen LogP contribution is 2.25. The molecule has 0 spiro atoms. The summed E-state index contributed by atoms with van der Waals surface area (Å²) in [6.45, 7) is 6.30. The number of hydrogen-bond donors (Lipinski definition) is 2. The smallest absolute Gasteiger partial charge is 0.272 e. The second-order valence-electron chi connectivity index (χ2n) is 6.63. The third-order valence-corrected chi connectivity index (χ3v) is 5.66. The summed E-state index contributed by atoms with van der Waals surface area (Å²) in [5.74, 6) is -0.0983. The molecule has 4 rings (SSSR count). The Morgan fingerprint density at radius 3 is 2.68 bits per heavy atom. The molecule has 1 amide bonds. The number of nitrogens with zero attached hydrogens (tertiary/aromatic N) is 2. The largest absolute Gasteiger partial charge is 0.369 e. The van der Waals surface area contributed by atoms with Gasteiger partial charge in [-0.3, -0.25) is 4.79 Å². The van der Waals surface area contributed by atoms with Crippen LogP contribution in [-0.2, 0) is 0 Å². The normalized spacial score (nSPS) is 15.7. The Kier molecular flexibility index (Phi) is 4.23. The van der Waals surface area contributed by atoms with Crippen LogP contribution in [0.2, 0.25) is 0 Å². The number of aromatic amines is 1. The van der Waals surface area contributed by atoms with Crippen LogP contribution in [0.3, 0.4) is 0 Å². The van der Waals surface area contributed by atoms with Gasteiger partial charge in [0.05, 0.1) is 0 Å². The number of anilines is 2. The molecule has 5 nitrogen and oxygen atoms in total. The minimum atomic E-state index is -0.0983. The Morgan fingerprint density at radius 2 is 1.96 bits per heavy atom. The fraction of sp³-hybridized carbons (Fsp3) is 0.316. The minimum absolute atomic E-state index is 0.0983. The summed E-state index contributed by atoms with van der Waals surface area (Å²) < 4.78 is 0. The second-order valence-corrected chi connectivity index (χ2v) is 7.55. The molecule has 2 aromatic heterocycles. The van der Waals surface area contributed by atoms with E-state index in [1.54, 1.807) is 11.3 Å². The molecule has 0 atom stereocenters. The van der Waals surface area contributed by atoms with Crippen LogP contribution in [0.5, 0.6) is 0 Å². The molecule has 1 aliphatic heterocycles. The monoisotopic (exact) mass is 354 g/mol. The van der Waals surface area contributed by atoms with E-state index in [1.165, 1.54) is 5.69 Å². The Hall–Kier alpha value is -2.31. The Bertz CT molecular complexity index is 877. The van der Waals surface area contributed by atoms with Crippen molar-refractivity contribution in [1.29, 1.82) is 0 Å². The molecular formula is C19H22N4OS. The predicted molar refractivity (Wildman–Crippen MR) is 105 cm³/mol. The van der Waals surface area contributed by atoms with Crippen molar-refractivity contribution in [2.75, 3.05) is 43.4 Å². The van der Waals surface area contributed by atoms with Gasteiger partial charge in [-0.2, -0.15) is 0 Å². The van der Waals surface area contributed by atoms with Crippen molar-refractivity contribution in [2.24, 2.45) is 0 Å². The van der Waals surface area contributed by atoms with Gasteiger partial charge >= 0.3 is 0 Å². The number of aryl methyl sites for hydroxylation is 1. The Balaban J connectivity index is 1.49. The maximum atomic E-state index is 12.5. The van der Waals surface area contributed by atoms with E-state index in [0.29, 0.717) is 5.69 Å². The third kappa shape index (κ3) is 3.27. The first-order chi connectivity index (χ1) is 12.1. The van der Waals surface area contributed by atoms with Crippen molar-refractivity contribution in [3.63, 3.8) is 0 Å². The standard InChI is InChI=1S/C19H22N4OS/c1-13-11-15(23-8-6-22(2)7-9-23)3-4-16(13)20-18(24)17-12-14-5-10-25-19(14)21-17/h3-5,10-12,21H,6-9H2,1-2H3,(H,20,24). The van der Waals surface area contributed by atoms with E-state index in [2.05, 4.69) is 39.3 Å². The van der Waals surface area contributed by atoms with Crippen molar-refractivity contribution >= 4 is 38.8 Å². The number of aromatic nitrogens is 1. The van der Waals surface area contributed by atoms with E-state index < -0.39 is 0 Å². The molecule has 0 unspecified atom stereocenters. The first-order valence-corrected chi connectivity index (χ1v) is 9.40. The molecule has 3 aromatic rings. The van der Waals surface area contributed by atoms with E-state index in [0.717, 1.165) is 47.6 Å². The molecule has 1 fully saturated rings. The number of thiophene rings is 1. The van der Waals surface area contributed by atoms with Gasteiger partial charge in [-0.15, -0.1) is 11.3 Å². The van der Waals surface area contributed by atoms with Gasteiger partial charge in [0, 0.05) is 42.9 Å². The van der Waals surface area contributed by atoms with E-state index in [9.17, 15) is 4.79 Å². The summed E-state index contributed by atoms with van der Waals surface area (Å²) in [5.41, 5.74) is 3.77. The van der Waals surface area contributed by atoms with E-state index >= 15 is 0 Å². The average Bonchev–Trinajstić information content (AvgIpc) is 3.19. The summed E-state index contributed by atoms with van der Waals surface area (Å²) in [5, 5.41) is 6.12. The van der Waals surface area contributed by atoms with Crippen molar-refractivity contribution in [3.05, 3.63) is 47.0 Å². The molecule has 0 bridgehead atoms. The maximum Gasteiger partial charge on any atom is 0.272 e. The van der Waals surface area contributed by atoms with Gasteiger partial charge in [0.1, 0.15) is 10.5 Å². The van der Waals surface area contributed by atoms with Crippen molar-refractivity contribution < 1.29 is 4.79 Å². The molecule has 1 aliphatic rings. The molecule has 6 heteroatoms. The van der Waals surface area contributed by atoms with Gasteiger partial charge < -0.3 is 20.1 Å². The minimum Gasteiger partial charge on any atom is -0.369 e. The Labute approximate surface area is 151 Å². The highest BCUT2D eigenvalue weighted by molar-refractivity contribution is 7.16. The third-order valence-electron chi connectivity index (χ3n) is 4.81. The zero-order valence-corrected chi connectivity index (χ0v) is 15.3. The number of likely N-dealkylation sites (N-methyl/N-ethyl adjacent to an activating group) is 1. The highest BCUT2D eigenvalue weighted by atomic mass is 32.1. The van der Waals surface area contributed by atoms with E-state index in [4.69, 9.17) is 0 Å². The van der Waals surface area contributed by atoms with Crippen molar-refractivity contribution in [1.82, 2.24) is 9.88 Å². The van der Waals surface area contributed by atoms with Crippen LogP contribution >= 0.6 is 11.3 Å². The van der Waals surface area contributed by atoms with Crippen LogP contribution in [0.15, 0.2) is 35.7 Å². The molecule has 2 N–H and O–H groups in total. The SMILES string of the molecule is Cc1cc(N2CCN(C)CC2)ccc1NC(=O)c1cc2ccsc2[nH]1. The van der Waals surface area contributed by atoms with Gasteiger partial charge in [-0.1, -0.05) is 0 Å². The molecule has 0 saturated carbocycles. The molecule has 1 saturated heterocycles. The van der Waals surface area contributed by atoms with Gasteiger partial charge in [-0.05, 0) is 55.2 Å². The molecule has 0 aliphatic carbocycles. The lowest BCUT2D eigenvalue weighted by atomic mass is 10.1. The average molecular weight is 354 g/mol. The molecular weight excluding hydrogens is 332 g/mol. The number of carbonyl (C=O) groups is 1. The fourth-order valence-corrected chi connectivity index (χ4v) is 3.99. The number of fused-ring (bicyclic) bond motifs is 1. The van der Waals surface area contributed by atoms with Crippen LogP contribution in [0.1, 0.15) is 16.1 Å². The van der Waals surface area contributed by atoms with Crippen molar-refractivity contribution in [2.45, 2.75) is 6.92 Å². The lowest BCUT2D eigenvalue weighted by molar-refractivity contribution is 0.102. The molecule has 3 heterocycles. The van der Waals surface area contributed by atoms with Crippen LogP contribution in [0.4, 0.5) is 11.4 Å². The summed E-state index contributed by atoms with van der Waals surface area (Å²) in [7, 11) is 2.16. The number of hydrogen-bond acceptors (Lipinski definition) is 4. The van der Waals surface area contributed by atoms with Crippen LogP contribution in [-0.4, -0.2) is 49.0 Å². The van der Waals surface area contributed by atoms with Crippen LogP contribution in [0, 0.1) is 6.92 Å². The molecule has 0 radical (unpaired) electrons. The number of benzene rings is 1. The number of rotatable bonds is 3. The maximum absolute atomic E-state index is 12.5. The zero-order valence-electron chi connectivity index (χ0n) is 14.5. The molecule has 130 valence electrons. The number of nitrogens with one attached hydrogen (secondary N) is 2. The lowest BCUT2D eigenvalue weighted by Gasteiger charge is -2.34. The summed E-state index contributed by atoms with van der Waals surface area (Å²) in [4.78, 5) is 21.5. The van der Waals surface area contributed by atoms with Gasteiger partial charge in [0.15, 0.2) is 0 Å². The van der Waals surface area contributed by atoms with Crippen molar-refractivity contribution in [3.8, 4) is 0 Å². The summed E-state index contributed by atoms with van der Waals surface area (Å²) in [6, 6.07) is 10.2. The van der Waals surface area contributed by atoms with Gasteiger partial charge in [0.2, 0.25) is 0 Å². The van der Waals surface area contributed by atoms with Crippen LogP contribution in [0.25, 0.3) is 10.2 Å². The van der Waals surface area contributed by atoms with E-state index in [1.807, 2.05) is 30.5 Å². The highest BCUT2D eigenvalue weighted by Gasteiger charge is 2.16. The second kappa shape index (κ2) is 6.54. The number of piperazine rings is 1. The first-order valence-electron chi connectivity index (χ1n) is 8.52. The number of H-pyrrole nitrogens is 1. The number of amides is 1. The fourth-order valence-electron chi connectivity index (χ4n) is 3.21. The zero-order chi connectivity index (χ0) is 17.4. The first kappa shape index (κ1) is 16.2. The van der Waals surface area contributed by atoms with Gasteiger partial charge in [0.25, 0.3) is 5.91 Å². The van der Waals surface area contributed by atoms with E-state index in [-0.39, 0.29) is 5.91 Å². The van der Waals surface area contributed by atoms with Gasteiger partial charge in [-0.25, -0.2) is 0 Å². The van der Waals surface area contributed by atoms with Crippen LogP contribution < -0.4 is 10.2 Å².